The molecular formula is C12H21NO5. The zero-order chi connectivity index (χ0) is 13.5. The first-order valence-electron chi connectivity index (χ1n) is 6.28. The van der Waals surface area contributed by atoms with Gasteiger partial charge in [-0.2, -0.15) is 0 Å². The molecule has 0 bridgehead atoms. The summed E-state index contributed by atoms with van der Waals surface area (Å²) in [5.41, 5.74) is 0. The molecule has 1 N–H and O–H groups in total. The Labute approximate surface area is 107 Å². The Hall–Kier alpha value is -1.14. The highest BCUT2D eigenvalue weighted by atomic mass is 16.5. The summed E-state index contributed by atoms with van der Waals surface area (Å²) in [7, 11) is 0. The molecule has 0 radical (unpaired) electrons. The summed E-state index contributed by atoms with van der Waals surface area (Å²) < 4.78 is 10.5. The van der Waals surface area contributed by atoms with Gasteiger partial charge < -0.3 is 19.5 Å². The molecule has 0 aromatic carbocycles. The minimum atomic E-state index is -1.04. The molecule has 1 aliphatic rings. The third-order valence-electron chi connectivity index (χ3n) is 2.76. The number of morpholine rings is 1. The second-order valence-corrected chi connectivity index (χ2v) is 4.48. The fourth-order valence-electron chi connectivity index (χ4n) is 1.79. The lowest BCUT2D eigenvalue weighted by Gasteiger charge is -2.34. The number of carbonyl (C=O) groups is 2. The number of hydrogen-bond donors (Lipinski definition) is 1. The number of unbranched alkanes of at least 4 members (excludes halogenated alkanes) is 1. The van der Waals surface area contributed by atoms with Gasteiger partial charge in [-0.25, -0.2) is 4.79 Å². The molecule has 104 valence electrons. The van der Waals surface area contributed by atoms with Gasteiger partial charge >= 0.3 is 5.97 Å². The van der Waals surface area contributed by atoms with Crippen molar-refractivity contribution >= 4 is 11.9 Å². The lowest BCUT2D eigenvalue weighted by Crippen LogP contribution is -2.52. The summed E-state index contributed by atoms with van der Waals surface area (Å²) in [6.45, 7) is 4.89. The Kier molecular flexibility index (Phi) is 6.07. The lowest BCUT2D eigenvalue weighted by molar-refractivity contribution is -0.167. The van der Waals surface area contributed by atoms with E-state index in [4.69, 9.17) is 14.6 Å². The van der Waals surface area contributed by atoms with E-state index in [2.05, 4.69) is 0 Å². The Morgan fingerprint density at radius 2 is 2.17 bits per heavy atom. The second kappa shape index (κ2) is 7.33. The first-order valence-corrected chi connectivity index (χ1v) is 6.28. The molecule has 1 aliphatic heterocycles. The maximum absolute atomic E-state index is 11.8. The molecule has 6 heteroatoms. The highest BCUT2D eigenvalue weighted by Gasteiger charge is 2.32. The van der Waals surface area contributed by atoms with Gasteiger partial charge in [0, 0.05) is 13.2 Å². The molecule has 0 aromatic rings. The topological polar surface area (TPSA) is 76.1 Å². The van der Waals surface area contributed by atoms with Gasteiger partial charge in [-0.1, -0.05) is 13.3 Å². The number of carbonyl (C=O) groups excluding carboxylic acids is 1. The SMILES string of the molecule is CCCCOCC(=O)N1CC(C(=O)O)O[C@H](C)C1. The summed E-state index contributed by atoms with van der Waals surface area (Å²) in [4.78, 5) is 24.2. The zero-order valence-corrected chi connectivity index (χ0v) is 10.9. The Bertz CT molecular complexity index is 294. The van der Waals surface area contributed by atoms with E-state index in [-0.39, 0.29) is 25.2 Å². The molecule has 18 heavy (non-hydrogen) atoms. The van der Waals surface area contributed by atoms with E-state index < -0.39 is 12.1 Å². The van der Waals surface area contributed by atoms with Crippen LogP contribution in [0.4, 0.5) is 0 Å². The molecule has 0 aliphatic carbocycles. The Morgan fingerprint density at radius 3 is 2.78 bits per heavy atom. The molecule has 2 atom stereocenters. The van der Waals surface area contributed by atoms with E-state index in [0.717, 1.165) is 12.8 Å². The molecule has 0 aromatic heterocycles. The summed E-state index contributed by atoms with van der Waals surface area (Å²) >= 11 is 0. The van der Waals surface area contributed by atoms with Gasteiger partial charge in [0.15, 0.2) is 6.10 Å². The normalized spacial score (nSPS) is 24.0. The summed E-state index contributed by atoms with van der Waals surface area (Å²) in [6, 6.07) is 0. The van der Waals surface area contributed by atoms with Gasteiger partial charge in [-0.15, -0.1) is 0 Å². The fraction of sp³-hybridized carbons (Fsp3) is 0.833. The highest BCUT2D eigenvalue weighted by Crippen LogP contribution is 2.11. The van der Waals surface area contributed by atoms with Crippen molar-refractivity contribution in [2.24, 2.45) is 0 Å². The van der Waals surface area contributed by atoms with Crippen LogP contribution in [0.1, 0.15) is 26.7 Å². The fourth-order valence-corrected chi connectivity index (χ4v) is 1.79. The number of nitrogens with zero attached hydrogens (tertiary/aromatic N) is 1. The largest absolute Gasteiger partial charge is 0.479 e. The van der Waals surface area contributed by atoms with E-state index in [1.807, 2.05) is 6.92 Å². The van der Waals surface area contributed by atoms with Gasteiger partial charge in [0.2, 0.25) is 5.91 Å². The minimum absolute atomic E-state index is 0.0130. The molecule has 1 fully saturated rings. The van der Waals surface area contributed by atoms with Crippen LogP contribution in [0.5, 0.6) is 0 Å². The first-order chi connectivity index (χ1) is 8.54. The number of carboxylic acid groups (broad SMARTS) is 1. The number of rotatable bonds is 6. The molecule has 1 saturated heterocycles. The van der Waals surface area contributed by atoms with Crippen molar-refractivity contribution < 1.29 is 24.2 Å². The van der Waals surface area contributed by atoms with E-state index in [0.29, 0.717) is 13.2 Å². The number of carboxylic acids is 1. The lowest BCUT2D eigenvalue weighted by atomic mass is 10.2. The summed E-state index contributed by atoms with van der Waals surface area (Å²) in [6.07, 6.45) is 0.738. The van der Waals surface area contributed by atoms with Crippen molar-refractivity contribution in [2.45, 2.75) is 38.9 Å². The van der Waals surface area contributed by atoms with Crippen LogP contribution in [0.25, 0.3) is 0 Å². The molecule has 1 unspecified atom stereocenters. The van der Waals surface area contributed by atoms with E-state index in [9.17, 15) is 9.59 Å². The van der Waals surface area contributed by atoms with Crippen molar-refractivity contribution in [2.75, 3.05) is 26.3 Å². The Morgan fingerprint density at radius 1 is 1.44 bits per heavy atom. The highest BCUT2D eigenvalue weighted by molar-refractivity contribution is 5.79. The number of amides is 1. The van der Waals surface area contributed by atoms with Crippen LogP contribution in [0, 0.1) is 0 Å². The van der Waals surface area contributed by atoms with Crippen molar-refractivity contribution in [3.63, 3.8) is 0 Å². The molecule has 1 amide bonds. The van der Waals surface area contributed by atoms with Crippen LogP contribution in [0.3, 0.4) is 0 Å². The molecule has 0 saturated carbocycles. The molecular weight excluding hydrogens is 238 g/mol. The molecule has 0 spiro atoms. The van der Waals surface area contributed by atoms with Crippen LogP contribution in [0.15, 0.2) is 0 Å². The molecule has 1 heterocycles. The monoisotopic (exact) mass is 259 g/mol. The number of hydrogen-bond acceptors (Lipinski definition) is 4. The standard InChI is InChI=1S/C12H21NO5/c1-3-4-5-17-8-11(14)13-6-9(2)18-10(7-13)12(15)16/h9-10H,3-8H2,1-2H3,(H,15,16)/t9-,10?/m1/s1. The van der Waals surface area contributed by atoms with Crippen molar-refractivity contribution in [3.05, 3.63) is 0 Å². The average Bonchev–Trinajstić information content (AvgIpc) is 2.33. The molecule has 1 rings (SSSR count). The second-order valence-electron chi connectivity index (χ2n) is 4.48. The molecule has 6 nitrogen and oxygen atoms in total. The first kappa shape index (κ1) is 14.9. The van der Waals surface area contributed by atoms with E-state index >= 15 is 0 Å². The van der Waals surface area contributed by atoms with Crippen molar-refractivity contribution in [1.29, 1.82) is 0 Å². The van der Waals surface area contributed by atoms with Crippen LogP contribution in [-0.4, -0.2) is 60.4 Å². The van der Waals surface area contributed by atoms with E-state index in [1.165, 1.54) is 4.90 Å². The predicted octanol–water partition coefficient (Wildman–Crippen LogP) is 0.504. The van der Waals surface area contributed by atoms with Crippen molar-refractivity contribution in [3.8, 4) is 0 Å². The number of aliphatic carboxylic acids is 1. The maximum atomic E-state index is 11.8. The maximum Gasteiger partial charge on any atom is 0.334 e. The van der Waals surface area contributed by atoms with Crippen LogP contribution in [-0.2, 0) is 19.1 Å². The van der Waals surface area contributed by atoms with Gasteiger partial charge in [-0.05, 0) is 13.3 Å². The summed E-state index contributed by atoms with van der Waals surface area (Å²) in [5, 5.41) is 8.91. The van der Waals surface area contributed by atoms with Crippen molar-refractivity contribution in [1.82, 2.24) is 4.90 Å². The van der Waals surface area contributed by atoms with Gasteiger partial charge in [0.1, 0.15) is 6.61 Å². The number of ether oxygens (including phenoxy) is 2. The third kappa shape index (κ3) is 4.62. The third-order valence-corrected chi connectivity index (χ3v) is 2.76. The Balaban J connectivity index is 2.39. The van der Waals surface area contributed by atoms with Gasteiger partial charge in [0.25, 0.3) is 0 Å². The van der Waals surface area contributed by atoms with E-state index in [1.54, 1.807) is 6.92 Å². The zero-order valence-electron chi connectivity index (χ0n) is 10.9. The van der Waals surface area contributed by atoms with Crippen LogP contribution < -0.4 is 0 Å². The van der Waals surface area contributed by atoms with Crippen LogP contribution in [0.2, 0.25) is 0 Å². The van der Waals surface area contributed by atoms with Crippen LogP contribution >= 0.6 is 0 Å². The predicted molar refractivity (Wildman–Crippen MR) is 64.3 cm³/mol. The smallest absolute Gasteiger partial charge is 0.334 e. The van der Waals surface area contributed by atoms with Gasteiger partial charge in [0.05, 0.1) is 12.6 Å². The van der Waals surface area contributed by atoms with Gasteiger partial charge in [-0.3, -0.25) is 4.79 Å². The average molecular weight is 259 g/mol. The quantitative estimate of drug-likeness (QED) is 0.703. The summed E-state index contributed by atoms with van der Waals surface area (Å²) in [5.74, 6) is -1.21. The minimum Gasteiger partial charge on any atom is -0.479 e.